The number of benzene rings is 2. The number of aromatic nitrogens is 2. The molecule has 0 radical (unpaired) electrons. The van der Waals surface area contributed by atoms with E-state index in [1.807, 2.05) is 31.2 Å². The molecule has 3 amide bonds. The van der Waals surface area contributed by atoms with Crippen LogP contribution in [-0.2, 0) is 9.59 Å². The Hall–Kier alpha value is -3.59. The van der Waals surface area contributed by atoms with Gasteiger partial charge in [-0.15, -0.1) is 10.2 Å². The largest absolute Gasteiger partial charge is 0.326 e. The van der Waals surface area contributed by atoms with Crippen molar-refractivity contribution >= 4 is 45.6 Å². The van der Waals surface area contributed by atoms with Crippen molar-refractivity contribution in [1.82, 2.24) is 10.2 Å². The molecule has 3 aromatic rings. The van der Waals surface area contributed by atoms with Crippen molar-refractivity contribution in [3.8, 4) is 0 Å². The highest BCUT2D eigenvalue weighted by atomic mass is 32.1. The Morgan fingerprint density at radius 2 is 1.85 bits per heavy atom. The first-order valence-electron chi connectivity index (χ1n) is 10.7. The van der Waals surface area contributed by atoms with Gasteiger partial charge in [-0.25, -0.2) is 0 Å². The summed E-state index contributed by atoms with van der Waals surface area (Å²) in [7, 11) is 0. The van der Waals surface area contributed by atoms with Crippen LogP contribution in [0, 0.1) is 12.8 Å². The van der Waals surface area contributed by atoms with Crippen molar-refractivity contribution in [2.24, 2.45) is 5.92 Å². The number of anilines is 3. The predicted molar refractivity (Wildman–Crippen MR) is 129 cm³/mol. The lowest BCUT2D eigenvalue weighted by molar-refractivity contribution is -0.119. The lowest BCUT2D eigenvalue weighted by atomic mass is 10.1. The fraction of sp³-hybridized carbons (Fsp3) is 0.292. The molecule has 2 aromatic carbocycles. The van der Waals surface area contributed by atoms with Crippen LogP contribution in [0.3, 0.4) is 0 Å². The van der Waals surface area contributed by atoms with Gasteiger partial charge >= 0.3 is 0 Å². The van der Waals surface area contributed by atoms with Crippen LogP contribution in [0.5, 0.6) is 0 Å². The van der Waals surface area contributed by atoms with E-state index in [1.165, 1.54) is 11.3 Å². The Morgan fingerprint density at radius 1 is 1.09 bits per heavy atom. The van der Waals surface area contributed by atoms with Crippen molar-refractivity contribution in [1.29, 1.82) is 0 Å². The van der Waals surface area contributed by atoms with Crippen LogP contribution in [0.4, 0.5) is 16.5 Å². The van der Waals surface area contributed by atoms with E-state index >= 15 is 0 Å². The number of rotatable bonds is 6. The van der Waals surface area contributed by atoms with Gasteiger partial charge in [0.2, 0.25) is 16.9 Å². The normalized spacial score (nSPS) is 15.7. The van der Waals surface area contributed by atoms with Gasteiger partial charge in [-0.3, -0.25) is 19.7 Å². The van der Waals surface area contributed by atoms with Gasteiger partial charge < -0.3 is 10.2 Å². The predicted octanol–water partition coefficient (Wildman–Crippen LogP) is 4.21. The minimum Gasteiger partial charge on any atom is -0.326 e. The van der Waals surface area contributed by atoms with Gasteiger partial charge in [0.25, 0.3) is 5.91 Å². The van der Waals surface area contributed by atoms with Crippen LogP contribution in [0.25, 0.3) is 0 Å². The second kappa shape index (κ2) is 9.50. The highest BCUT2D eigenvalue weighted by molar-refractivity contribution is 7.15. The van der Waals surface area contributed by atoms with E-state index in [0.29, 0.717) is 34.4 Å². The van der Waals surface area contributed by atoms with E-state index in [4.69, 9.17) is 0 Å². The quantitative estimate of drug-likeness (QED) is 0.570. The smallest absolute Gasteiger partial charge is 0.257 e. The average Bonchev–Trinajstić information content (AvgIpc) is 3.41. The molecule has 0 bridgehead atoms. The minimum absolute atomic E-state index is 0.0462. The van der Waals surface area contributed by atoms with Crippen molar-refractivity contribution < 1.29 is 14.4 Å². The first-order chi connectivity index (χ1) is 15.8. The van der Waals surface area contributed by atoms with Crippen LogP contribution >= 0.6 is 11.3 Å². The standard InChI is InChI=1S/C24H25N5O3S/c1-14(2)21(31)25-18-6-4-5-16(11-18)22(32)26-24-28-27-23(33-24)17-12-20(30)29(13-17)19-9-7-15(3)8-10-19/h4-11,14,17H,12-13H2,1-3H3,(H,25,31)(H,26,28,32). The number of carbonyl (C=O) groups excluding carboxylic acids is 3. The Morgan fingerprint density at radius 3 is 2.58 bits per heavy atom. The van der Waals surface area contributed by atoms with Crippen molar-refractivity contribution in [2.45, 2.75) is 33.1 Å². The van der Waals surface area contributed by atoms with E-state index in [9.17, 15) is 14.4 Å². The number of hydrogen-bond donors (Lipinski definition) is 2. The molecule has 1 fully saturated rings. The molecule has 8 nitrogen and oxygen atoms in total. The maximum absolute atomic E-state index is 12.7. The monoisotopic (exact) mass is 463 g/mol. The highest BCUT2D eigenvalue weighted by Gasteiger charge is 2.34. The van der Waals surface area contributed by atoms with E-state index in [0.717, 1.165) is 11.3 Å². The Bertz CT molecular complexity index is 1190. The SMILES string of the molecule is Cc1ccc(N2CC(c3nnc(NC(=O)c4cccc(NC(=O)C(C)C)c4)s3)CC2=O)cc1. The summed E-state index contributed by atoms with van der Waals surface area (Å²) in [6.07, 6.45) is 0.355. The second-order valence-electron chi connectivity index (χ2n) is 8.37. The number of aryl methyl sites for hydroxylation is 1. The minimum atomic E-state index is -0.345. The Balaban J connectivity index is 1.41. The zero-order valence-electron chi connectivity index (χ0n) is 18.7. The molecule has 1 aromatic heterocycles. The number of nitrogens with one attached hydrogen (secondary N) is 2. The summed E-state index contributed by atoms with van der Waals surface area (Å²) >= 11 is 1.27. The molecule has 2 heterocycles. The highest BCUT2D eigenvalue weighted by Crippen LogP contribution is 2.34. The van der Waals surface area contributed by atoms with E-state index in [-0.39, 0.29) is 29.6 Å². The van der Waals surface area contributed by atoms with Crippen LogP contribution in [0.2, 0.25) is 0 Å². The maximum atomic E-state index is 12.7. The number of amides is 3. The third-order valence-electron chi connectivity index (χ3n) is 5.40. The average molecular weight is 464 g/mol. The summed E-state index contributed by atoms with van der Waals surface area (Å²) in [6.45, 7) is 6.14. The molecular formula is C24H25N5O3S. The van der Waals surface area contributed by atoms with Crippen LogP contribution < -0.4 is 15.5 Å². The van der Waals surface area contributed by atoms with E-state index in [2.05, 4.69) is 20.8 Å². The van der Waals surface area contributed by atoms with Gasteiger partial charge in [0.05, 0.1) is 0 Å². The van der Waals surface area contributed by atoms with Gasteiger partial charge in [0.1, 0.15) is 5.01 Å². The topological polar surface area (TPSA) is 104 Å². The lowest BCUT2D eigenvalue weighted by Crippen LogP contribution is -2.24. The molecule has 0 aliphatic carbocycles. The molecule has 2 N–H and O–H groups in total. The number of hydrogen-bond acceptors (Lipinski definition) is 6. The fourth-order valence-electron chi connectivity index (χ4n) is 3.49. The molecule has 170 valence electrons. The number of nitrogens with zero attached hydrogens (tertiary/aromatic N) is 3. The molecule has 1 saturated heterocycles. The molecule has 9 heteroatoms. The molecule has 1 aliphatic rings. The first kappa shape index (κ1) is 22.6. The van der Waals surface area contributed by atoms with Crippen LogP contribution in [0.15, 0.2) is 48.5 Å². The molecule has 0 saturated carbocycles. The third kappa shape index (κ3) is 5.25. The van der Waals surface area contributed by atoms with Gasteiger partial charge in [0, 0.05) is 41.7 Å². The first-order valence-corrected chi connectivity index (χ1v) is 11.5. The summed E-state index contributed by atoms with van der Waals surface area (Å²) in [5.41, 5.74) is 2.96. The molecule has 1 atom stereocenters. The van der Waals surface area contributed by atoms with Gasteiger partial charge in [0.15, 0.2) is 0 Å². The van der Waals surface area contributed by atoms with E-state index in [1.54, 1.807) is 43.0 Å². The Kier molecular flexibility index (Phi) is 6.50. The summed E-state index contributed by atoms with van der Waals surface area (Å²) in [6, 6.07) is 14.6. The van der Waals surface area contributed by atoms with Crippen LogP contribution in [0.1, 0.15) is 47.1 Å². The zero-order chi connectivity index (χ0) is 23.5. The van der Waals surface area contributed by atoms with Crippen molar-refractivity contribution in [3.05, 3.63) is 64.7 Å². The zero-order valence-corrected chi connectivity index (χ0v) is 19.5. The fourth-order valence-corrected chi connectivity index (χ4v) is 4.32. The van der Waals surface area contributed by atoms with Crippen LogP contribution in [-0.4, -0.2) is 34.5 Å². The molecule has 0 spiro atoms. The summed E-state index contributed by atoms with van der Waals surface area (Å²) in [5, 5.41) is 14.9. The Labute approximate surface area is 196 Å². The molecular weight excluding hydrogens is 438 g/mol. The number of carbonyl (C=O) groups is 3. The van der Waals surface area contributed by atoms with Crippen molar-refractivity contribution in [2.75, 3.05) is 22.1 Å². The van der Waals surface area contributed by atoms with Gasteiger partial charge in [-0.05, 0) is 37.3 Å². The second-order valence-corrected chi connectivity index (χ2v) is 9.37. The summed E-state index contributed by atoms with van der Waals surface area (Å²) in [4.78, 5) is 38.9. The molecule has 33 heavy (non-hydrogen) atoms. The summed E-state index contributed by atoms with van der Waals surface area (Å²) < 4.78 is 0. The molecule has 4 rings (SSSR count). The molecule has 1 aliphatic heterocycles. The third-order valence-corrected chi connectivity index (χ3v) is 6.40. The van der Waals surface area contributed by atoms with Crippen molar-refractivity contribution in [3.63, 3.8) is 0 Å². The molecule has 1 unspecified atom stereocenters. The maximum Gasteiger partial charge on any atom is 0.257 e. The van der Waals surface area contributed by atoms with E-state index < -0.39 is 0 Å². The van der Waals surface area contributed by atoms with Gasteiger partial charge in [-0.1, -0.05) is 48.9 Å². The summed E-state index contributed by atoms with van der Waals surface area (Å²) in [5.74, 6) is -0.651. The lowest BCUT2D eigenvalue weighted by Gasteiger charge is -2.16. The van der Waals surface area contributed by atoms with Gasteiger partial charge in [-0.2, -0.15) is 0 Å².